The quantitative estimate of drug-likeness (QED) is 0.839. The van der Waals surface area contributed by atoms with Crippen LogP contribution < -0.4 is 4.74 Å². The first-order valence-electron chi connectivity index (χ1n) is 4.32. The minimum Gasteiger partial charge on any atom is -0.490 e. The summed E-state index contributed by atoms with van der Waals surface area (Å²) < 4.78 is 30.4. The van der Waals surface area contributed by atoms with E-state index in [1.165, 1.54) is 6.92 Å². The van der Waals surface area contributed by atoms with E-state index in [0.717, 1.165) is 12.1 Å². The highest BCUT2D eigenvalue weighted by atomic mass is 19.1. The molecule has 0 aliphatic heterocycles. The monoisotopic (exact) mass is 216 g/mol. The number of aliphatic carboxylic acids is 1. The molecule has 5 heteroatoms. The lowest BCUT2D eigenvalue weighted by molar-refractivity contribution is -0.138. The van der Waals surface area contributed by atoms with E-state index in [1.807, 2.05) is 0 Å². The van der Waals surface area contributed by atoms with Gasteiger partial charge in [0.05, 0.1) is 6.42 Å². The minimum absolute atomic E-state index is 0.0127. The molecule has 1 unspecified atom stereocenters. The number of ether oxygens (including phenoxy) is 1. The third-order valence-corrected chi connectivity index (χ3v) is 1.64. The number of hydrogen-bond donors (Lipinski definition) is 1. The van der Waals surface area contributed by atoms with E-state index in [-0.39, 0.29) is 12.2 Å². The second kappa shape index (κ2) is 4.72. The molecule has 0 saturated carbocycles. The van der Waals surface area contributed by atoms with Gasteiger partial charge in [-0.25, -0.2) is 8.78 Å². The second-order valence-corrected chi connectivity index (χ2v) is 3.13. The third-order valence-electron chi connectivity index (χ3n) is 1.64. The summed E-state index contributed by atoms with van der Waals surface area (Å²) in [5, 5.41) is 8.44. The summed E-state index contributed by atoms with van der Waals surface area (Å²) >= 11 is 0. The van der Waals surface area contributed by atoms with Crippen molar-refractivity contribution in [3.05, 3.63) is 29.8 Å². The van der Waals surface area contributed by atoms with Crippen LogP contribution in [-0.4, -0.2) is 17.2 Å². The normalized spacial score (nSPS) is 12.2. The van der Waals surface area contributed by atoms with E-state index in [4.69, 9.17) is 9.84 Å². The molecule has 15 heavy (non-hydrogen) atoms. The van der Waals surface area contributed by atoms with Crippen LogP contribution in [0.1, 0.15) is 13.3 Å². The van der Waals surface area contributed by atoms with Crippen LogP contribution >= 0.6 is 0 Å². The van der Waals surface area contributed by atoms with E-state index in [1.54, 1.807) is 0 Å². The van der Waals surface area contributed by atoms with Gasteiger partial charge in [0.1, 0.15) is 23.5 Å². The Kier molecular flexibility index (Phi) is 3.60. The zero-order valence-electron chi connectivity index (χ0n) is 8.04. The molecule has 0 fully saturated rings. The molecule has 0 bridgehead atoms. The van der Waals surface area contributed by atoms with E-state index < -0.39 is 23.7 Å². The summed E-state index contributed by atoms with van der Waals surface area (Å²) in [5.41, 5.74) is 0. The molecule has 3 nitrogen and oxygen atoms in total. The maximum absolute atomic E-state index is 12.7. The SMILES string of the molecule is CC(CC(=O)O)Oc1cc(F)cc(F)c1. The lowest BCUT2D eigenvalue weighted by atomic mass is 10.2. The number of halogens is 2. The first-order valence-corrected chi connectivity index (χ1v) is 4.32. The Hall–Kier alpha value is -1.65. The van der Waals surface area contributed by atoms with Crippen LogP contribution in [0.5, 0.6) is 5.75 Å². The number of benzene rings is 1. The Balaban J connectivity index is 2.67. The molecule has 0 amide bonds. The van der Waals surface area contributed by atoms with E-state index in [2.05, 4.69) is 0 Å². The fourth-order valence-corrected chi connectivity index (χ4v) is 1.12. The lowest BCUT2D eigenvalue weighted by Crippen LogP contribution is -2.16. The molecule has 0 radical (unpaired) electrons. The summed E-state index contributed by atoms with van der Waals surface area (Å²) in [4.78, 5) is 10.3. The van der Waals surface area contributed by atoms with Gasteiger partial charge in [0.2, 0.25) is 0 Å². The van der Waals surface area contributed by atoms with Crippen LogP contribution in [0.2, 0.25) is 0 Å². The second-order valence-electron chi connectivity index (χ2n) is 3.13. The fourth-order valence-electron chi connectivity index (χ4n) is 1.12. The van der Waals surface area contributed by atoms with Gasteiger partial charge in [-0.15, -0.1) is 0 Å². The molecule has 0 aliphatic rings. The molecule has 0 heterocycles. The lowest BCUT2D eigenvalue weighted by Gasteiger charge is -2.12. The molecule has 1 aromatic carbocycles. The maximum atomic E-state index is 12.7. The van der Waals surface area contributed by atoms with Gasteiger partial charge in [0, 0.05) is 18.2 Å². The van der Waals surface area contributed by atoms with Gasteiger partial charge < -0.3 is 9.84 Å². The molecule has 1 aromatic rings. The summed E-state index contributed by atoms with van der Waals surface area (Å²) in [6, 6.07) is 2.72. The van der Waals surface area contributed by atoms with Crippen molar-refractivity contribution in [3.8, 4) is 5.75 Å². The smallest absolute Gasteiger partial charge is 0.307 e. The number of rotatable bonds is 4. The van der Waals surface area contributed by atoms with Gasteiger partial charge in [-0.3, -0.25) is 4.79 Å². The Morgan fingerprint density at radius 1 is 1.40 bits per heavy atom. The van der Waals surface area contributed by atoms with Crippen molar-refractivity contribution in [2.75, 3.05) is 0 Å². The Labute approximate surface area is 85.3 Å². The number of carboxylic acids is 1. The predicted octanol–water partition coefficient (Wildman–Crippen LogP) is 2.21. The molecule has 1 rings (SSSR count). The van der Waals surface area contributed by atoms with Crippen molar-refractivity contribution in [1.82, 2.24) is 0 Å². The Morgan fingerprint density at radius 2 is 1.93 bits per heavy atom. The molecule has 1 N–H and O–H groups in total. The minimum atomic E-state index is -1.03. The first-order chi connectivity index (χ1) is 6.97. The molecule has 82 valence electrons. The van der Waals surface area contributed by atoms with Gasteiger partial charge in [-0.1, -0.05) is 0 Å². The number of carboxylic acid groups (broad SMARTS) is 1. The highest BCUT2D eigenvalue weighted by molar-refractivity contribution is 5.67. The average Bonchev–Trinajstić information content (AvgIpc) is 1.98. The highest BCUT2D eigenvalue weighted by Crippen LogP contribution is 2.17. The van der Waals surface area contributed by atoms with Crippen LogP contribution in [0.25, 0.3) is 0 Å². The van der Waals surface area contributed by atoms with Crippen molar-refractivity contribution in [3.63, 3.8) is 0 Å². The van der Waals surface area contributed by atoms with Crippen LogP contribution in [0.4, 0.5) is 8.78 Å². The van der Waals surface area contributed by atoms with Gasteiger partial charge in [0.15, 0.2) is 0 Å². The van der Waals surface area contributed by atoms with Crippen LogP contribution in [-0.2, 0) is 4.79 Å². The Morgan fingerprint density at radius 3 is 2.40 bits per heavy atom. The maximum Gasteiger partial charge on any atom is 0.307 e. The van der Waals surface area contributed by atoms with Crippen molar-refractivity contribution >= 4 is 5.97 Å². The van der Waals surface area contributed by atoms with Crippen LogP contribution in [0.3, 0.4) is 0 Å². The highest BCUT2D eigenvalue weighted by Gasteiger charge is 2.10. The van der Waals surface area contributed by atoms with Gasteiger partial charge in [-0.2, -0.15) is 0 Å². The van der Waals surface area contributed by atoms with E-state index in [0.29, 0.717) is 6.07 Å². The average molecular weight is 216 g/mol. The standard InChI is InChI=1S/C10H10F2O3/c1-6(2-10(13)14)15-9-4-7(11)3-8(12)5-9/h3-6H,2H2,1H3,(H,13,14). The summed E-state index contributed by atoms with van der Waals surface area (Å²) in [5.74, 6) is -2.55. The zero-order valence-corrected chi connectivity index (χ0v) is 8.04. The largest absolute Gasteiger partial charge is 0.490 e. The van der Waals surface area contributed by atoms with Gasteiger partial charge in [0.25, 0.3) is 0 Å². The van der Waals surface area contributed by atoms with Crippen molar-refractivity contribution < 1.29 is 23.4 Å². The van der Waals surface area contributed by atoms with E-state index >= 15 is 0 Å². The molecule has 0 spiro atoms. The van der Waals surface area contributed by atoms with Crippen molar-refractivity contribution in [1.29, 1.82) is 0 Å². The number of carbonyl (C=O) groups is 1. The zero-order chi connectivity index (χ0) is 11.4. The molecule has 0 aliphatic carbocycles. The molecule has 0 saturated heterocycles. The molecular weight excluding hydrogens is 206 g/mol. The van der Waals surface area contributed by atoms with Crippen molar-refractivity contribution in [2.24, 2.45) is 0 Å². The summed E-state index contributed by atoms with van der Waals surface area (Å²) in [6.07, 6.45) is -0.860. The molecule has 0 aromatic heterocycles. The van der Waals surface area contributed by atoms with Crippen LogP contribution in [0, 0.1) is 11.6 Å². The van der Waals surface area contributed by atoms with Gasteiger partial charge in [-0.05, 0) is 6.92 Å². The predicted molar refractivity (Wildman–Crippen MR) is 48.7 cm³/mol. The topological polar surface area (TPSA) is 46.5 Å². The third kappa shape index (κ3) is 3.93. The van der Waals surface area contributed by atoms with E-state index in [9.17, 15) is 13.6 Å². The molecular formula is C10H10F2O3. The molecule has 1 atom stereocenters. The summed E-state index contributed by atoms with van der Waals surface area (Å²) in [7, 11) is 0. The fraction of sp³-hybridized carbons (Fsp3) is 0.300. The first kappa shape index (κ1) is 11.4. The van der Waals surface area contributed by atoms with Crippen molar-refractivity contribution in [2.45, 2.75) is 19.4 Å². The summed E-state index contributed by atoms with van der Waals surface area (Å²) in [6.45, 7) is 1.51. The number of hydrogen-bond acceptors (Lipinski definition) is 2. The van der Waals surface area contributed by atoms with Gasteiger partial charge >= 0.3 is 5.97 Å². The van der Waals surface area contributed by atoms with Crippen LogP contribution in [0.15, 0.2) is 18.2 Å². The Bertz CT molecular complexity index is 345.